The maximum atomic E-state index is 10.8. The second-order valence-electron chi connectivity index (χ2n) is 6.19. The number of nitrogens with zero attached hydrogens (tertiary/aromatic N) is 2. The smallest absolute Gasteiger partial charge is 0.346 e. The predicted octanol–water partition coefficient (Wildman–Crippen LogP) is 4.71. The van der Waals surface area contributed by atoms with Crippen molar-refractivity contribution >= 4 is 23.4 Å². The number of para-hydroxylation sites is 1. The summed E-state index contributed by atoms with van der Waals surface area (Å²) in [6, 6.07) is 18.4. The van der Waals surface area contributed by atoms with Gasteiger partial charge in [0.1, 0.15) is 11.6 Å². The van der Waals surface area contributed by atoms with Crippen molar-refractivity contribution in [3.8, 4) is 6.07 Å². The van der Waals surface area contributed by atoms with E-state index >= 15 is 0 Å². The van der Waals surface area contributed by atoms with Crippen LogP contribution in [-0.4, -0.2) is 17.6 Å². The molecule has 26 heavy (non-hydrogen) atoms. The van der Waals surface area contributed by atoms with Crippen LogP contribution in [-0.2, 0) is 11.2 Å². The van der Waals surface area contributed by atoms with Crippen molar-refractivity contribution < 1.29 is 9.90 Å². The standard InChI is InChI=1S/C22H20N2O2/c23-16-19(22(25)26)9-6-7-17-12-13-21-18(15-17)8-4-5-14-24(21)20-10-2-1-3-11-20/h1-3,6-7,9-13,15H,4-5,8,14H2,(H,25,26)/b7-6+,19-9+. The summed E-state index contributed by atoms with van der Waals surface area (Å²) in [5.41, 5.74) is 4.44. The number of allylic oxidation sites excluding steroid dienone is 2. The zero-order valence-corrected chi connectivity index (χ0v) is 14.4. The van der Waals surface area contributed by atoms with Crippen LogP contribution in [0.15, 0.2) is 66.3 Å². The molecule has 1 N–H and O–H groups in total. The maximum Gasteiger partial charge on any atom is 0.346 e. The van der Waals surface area contributed by atoms with Gasteiger partial charge in [-0.05, 0) is 60.7 Å². The third kappa shape index (κ3) is 4.01. The fourth-order valence-corrected chi connectivity index (χ4v) is 3.17. The molecular formula is C22H20N2O2. The summed E-state index contributed by atoms with van der Waals surface area (Å²) >= 11 is 0. The highest BCUT2D eigenvalue weighted by Gasteiger charge is 2.16. The molecule has 3 rings (SSSR count). The summed E-state index contributed by atoms with van der Waals surface area (Å²) in [7, 11) is 0. The van der Waals surface area contributed by atoms with Gasteiger partial charge in [-0.25, -0.2) is 4.79 Å². The van der Waals surface area contributed by atoms with Gasteiger partial charge in [0.05, 0.1) is 0 Å². The minimum Gasteiger partial charge on any atom is -0.477 e. The third-order valence-corrected chi connectivity index (χ3v) is 4.44. The van der Waals surface area contributed by atoms with E-state index in [0.717, 1.165) is 31.4 Å². The molecule has 0 saturated carbocycles. The third-order valence-electron chi connectivity index (χ3n) is 4.44. The molecule has 2 aromatic carbocycles. The van der Waals surface area contributed by atoms with Crippen molar-refractivity contribution in [1.29, 1.82) is 5.26 Å². The lowest BCUT2D eigenvalue weighted by Crippen LogP contribution is -2.17. The zero-order chi connectivity index (χ0) is 18.4. The normalized spacial score (nSPS) is 14.6. The molecule has 0 unspecified atom stereocenters. The van der Waals surface area contributed by atoms with Gasteiger partial charge in [-0.1, -0.05) is 36.4 Å². The average molecular weight is 344 g/mol. The van der Waals surface area contributed by atoms with Gasteiger partial charge in [0.25, 0.3) is 0 Å². The topological polar surface area (TPSA) is 64.3 Å². The molecule has 4 heteroatoms. The number of carbonyl (C=O) groups is 1. The Balaban J connectivity index is 1.89. The number of anilines is 2. The van der Waals surface area contributed by atoms with E-state index in [9.17, 15) is 4.79 Å². The van der Waals surface area contributed by atoms with Crippen LogP contribution in [0.1, 0.15) is 24.0 Å². The fraction of sp³-hybridized carbons (Fsp3) is 0.182. The number of carboxylic acid groups (broad SMARTS) is 1. The first-order chi connectivity index (χ1) is 12.7. The van der Waals surface area contributed by atoms with Crippen LogP contribution >= 0.6 is 0 Å². The van der Waals surface area contributed by atoms with Crippen LogP contribution in [0.5, 0.6) is 0 Å². The number of nitriles is 1. The Labute approximate surface area is 153 Å². The largest absolute Gasteiger partial charge is 0.477 e. The molecule has 0 bridgehead atoms. The van der Waals surface area contributed by atoms with Gasteiger partial charge >= 0.3 is 5.97 Å². The molecule has 1 heterocycles. The zero-order valence-electron chi connectivity index (χ0n) is 14.4. The molecule has 0 aliphatic carbocycles. The fourth-order valence-electron chi connectivity index (χ4n) is 3.17. The van der Waals surface area contributed by atoms with Crippen LogP contribution in [0, 0.1) is 11.3 Å². The van der Waals surface area contributed by atoms with Gasteiger partial charge in [-0.3, -0.25) is 0 Å². The van der Waals surface area contributed by atoms with Gasteiger partial charge in [0.15, 0.2) is 0 Å². The van der Waals surface area contributed by atoms with Crippen molar-refractivity contribution in [3.63, 3.8) is 0 Å². The Bertz CT molecular complexity index is 892. The van der Waals surface area contributed by atoms with Crippen LogP contribution in [0.25, 0.3) is 6.08 Å². The lowest BCUT2D eigenvalue weighted by atomic mass is 10.0. The molecule has 0 atom stereocenters. The predicted molar refractivity (Wildman–Crippen MR) is 103 cm³/mol. The number of rotatable bonds is 4. The molecule has 130 valence electrons. The Kier molecular flexibility index (Phi) is 5.50. The van der Waals surface area contributed by atoms with Gasteiger partial charge in [-0.2, -0.15) is 5.26 Å². The molecule has 0 spiro atoms. The van der Waals surface area contributed by atoms with E-state index in [-0.39, 0.29) is 5.57 Å². The van der Waals surface area contributed by atoms with Gasteiger partial charge in [0.2, 0.25) is 0 Å². The highest BCUT2D eigenvalue weighted by Crippen LogP contribution is 2.33. The summed E-state index contributed by atoms with van der Waals surface area (Å²) in [5.74, 6) is -1.21. The monoisotopic (exact) mass is 344 g/mol. The number of carboxylic acids is 1. The van der Waals surface area contributed by atoms with Gasteiger partial charge < -0.3 is 10.0 Å². The number of benzene rings is 2. The number of aryl methyl sites for hydroxylation is 1. The second kappa shape index (κ2) is 8.17. The summed E-state index contributed by atoms with van der Waals surface area (Å²) in [6.45, 7) is 0.999. The van der Waals surface area contributed by atoms with Crippen LogP contribution in [0.4, 0.5) is 11.4 Å². The van der Waals surface area contributed by atoms with E-state index in [2.05, 4.69) is 41.3 Å². The molecular weight excluding hydrogens is 324 g/mol. The van der Waals surface area contributed by atoms with E-state index in [1.807, 2.05) is 18.2 Å². The quantitative estimate of drug-likeness (QED) is 0.496. The maximum absolute atomic E-state index is 10.8. The molecule has 1 aliphatic rings. The van der Waals surface area contributed by atoms with Crippen molar-refractivity contribution in [1.82, 2.24) is 0 Å². The van der Waals surface area contributed by atoms with Crippen molar-refractivity contribution in [2.24, 2.45) is 0 Å². The molecule has 1 aliphatic heterocycles. The van der Waals surface area contributed by atoms with Crippen LogP contribution < -0.4 is 4.90 Å². The molecule has 4 nitrogen and oxygen atoms in total. The van der Waals surface area contributed by atoms with Crippen LogP contribution in [0.3, 0.4) is 0 Å². The SMILES string of the molecule is N#C/C(=C\C=C\c1ccc2c(c1)CCCCN2c1ccccc1)C(=O)O. The average Bonchev–Trinajstić information content (AvgIpc) is 2.87. The lowest BCUT2D eigenvalue weighted by molar-refractivity contribution is -0.132. The minimum absolute atomic E-state index is 0.272. The first-order valence-electron chi connectivity index (χ1n) is 8.66. The number of hydrogen-bond acceptors (Lipinski definition) is 3. The molecule has 0 fully saturated rings. The Morgan fingerprint density at radius 3 is 2.69 bits per heavy atom. The molecule has 2 aromatic rings. The Morgan fingerprint density at radius 2 is 1.96 bits per heavy atom. The summed E-state index contributed by atoms with van der Waals surface area (Å²) in [5, 5.41) is 17.6. The van der Waals surface area contributed by atoms with E-state index < -0.39 is 5.97 Å². The van der Waals surface area contributed by atoms with E-state index in [0.29, 0.717) is 0 Å². The highest BCUT2D eigenvalue weighted by molar-refractivity contribution is 5.91. The summed E-state index contributed by atoms with van der Waals surface area (Å²) in [4.78, 5) is 13.2. The number of aliphatic carboxylic acids is 1. The van der Waals surface area contributed by atoms with E-state index in [4.69, 9.17) is 10.4 Å². The van der Waals surface area contributed by atoms with Gasteiger partial charge in [-0.15, -0.1) is 0 Å². The van der Waals surface area contributed by atoms with E-state index in [1.54, 1.807) is 12.1 Å². The van der Waals surface area contributed by atoms with Crippen molar-refractivity contribution in [3.05, 3.63) is 77.4 Å². The number of hydrogen-bond donors (Lipinski definition) is 1. The summed E-state index contributed by atoms with van der Waals surface area (Å²) in [6.07, 6.45) is 8.07. The Morgan fingerprint density at radius 1 is 1.15 bits per heavy atom. The van der Waals surface area contributed by atoms with Gasteiger partial charge in [0, 0.05) is 17.9 Å². The molecule has 0 amide bonds. The molecule has 0 saturated heterocycles. The summed E-state index contributed by atoms with van der Waals surface area (Å²) < 4.78 is 0. The second-order valence-corrected chi connectivity index (χ2v) is 6.19. The molecule has 0 radical (unpaired) electrons. The molecule has 0 aromatic heterocycles. The first-order valence-corrected chi connectivity index (χ1v) is 8.66. The van der Waals surface area contributed by atoms with Crippen molar-refractivity contribution in [2.75, 3.05) is 11.4 Å². The van der Waals surface area contributed by atoms with Crippen molar-refractivity contribution in [2.45, 2.75) is 19.3 Å². The Hall–Kier alpha value is -3.32. The first kappa shape index (κ1) is 17.5. The minimum atomic E-state index is -1.21. The lowest BCUT2D eigenvalue weighted by Gasteiger charge is -2.25. The number of fused-ring (bicyclic) bond motifs is 1. The highest BCUT2D eigenvalue weighted by atomic mass is 16.4. The van der Waals surface area contributed by atoms with Crippen LogP contribution in [0.2, 0.25) is 0 Å². The van der Waals surface area contributed by atoms with E-state index in [1.165, 1.54) is 23.0 Å².